The molecule has 0 unspecified atom stereocenters. The number of alkyl halides is 3. The molecule has 1 saturated heterocycles. The minimum Gasteiger partial charge on any atom is -0.422 e. The molecule has 4 rings (SSSR count). The lowest BCUT2D eigenvalue weighted by atomic mass is 9.96. The predicted octanol–water partition coefficient (Wildman–Crippen LogP) is 5.60. The molecule has 5 nitrogen and oxygen atoms in total. The Morgan fingerprint density at radius 3 is 2.20 bits per heavy atom. The molecule has 0 amide bonds. The van der Waals surface area contributed by atoms with E-state index in [0.717, 1.165) is 12.1 Å². The number of aryl methyl sites for hydroxylation is 2. The summed E-state index contributed by atoms with van der Waals surface area (Å²) in [6.45, 7) is 9.43. The van der Waals surface area contributed by atoms with Gasteiger partial charge in [0.25, 0.3) is 6.01 Å². The summed E-state index contributed by atoms with van der Waals surface area (Å²) in [5.41, 5.74) is 7.73. The smallest absolute Gasteiger partial charge is 0.416 e. The van der Waals surface area contributed by atoms with E-state index >= 15 is 0 Å². The van der Waals surface area contributed by atoms with Gasteiger partial charge in [0.05, 0.1) is 11.3 Å². The Morgan fingerprint density at radius 1 is 1.03 bits per heavy atom. The Kier molecular flexibility index (Phi) is 6.65. The van der Waals surface area contributed by atoms with Crippen LogP contribution in [0.1, 0.15) is 42.9 Å². The average Bonchev–Trinajstić information content (AvgIpc) is 3.07. The standard InChI is InChI=1S/C15H12F3N3O.C7H15N/c1-7-5-9(15(16,17)18)6-8(2)12(7)10-3-4-11-13(20-10)21-14(19)22-11;1-2-8-6-4-3-5-7-8/h3-6H,1-2H3,(H2,19,20,21);2-7H2,1H3. The number of nitrogens with zero attached hydrogens (tertiary/aromatic N) is 3. The van der Waals surface area contributed by atoms with Crippen LogP contribution >= 0.6 is 0 Å². The van der Waals surface area contributed by atoms with E-state index in [9.17, 15) is 13.2 Å². The van der Waals surface area contributed by atoms with Crippen LogP contribution in [0.25, 0.3) is 22.5 Å². The van der Waals surface area contributed by atoms with Gasteiger partial charge in [0.1, 0.15) is 0 Å². The first-order valence-corrected chi connectivity index (χ1v) is 10.1. The Labute approximate surface area is 174 Å². The lowest BCUT2D eigenvalue weighted by Gasteiger charge is -2.24. The Bertz CT molecular complexity index is 984. The van der Waals surface area contributed by atoms with Gasteiger partial charge in [0.15, 0.2) is 5.58 Å². The van der Waals surface area contributed by atoms with Gasteiger partial charge in [-0.15, -0.1) is 0 Å². The van der Waals surface area contributed by atoms with E-state index in [-0.39, 0.29) is 6.01 Å². The maximum absolute atomic E-state index is 12.8. The molecule has 0 aliphatic carbocycles. The number of piperidine rings is 1. The molecule has 0 bridgehead atoms. The van der Waals surface area contributed by atoms with E-state index in [1.165, 1.54) is 38.9 Å². The molecule has 8 heteroatoms. The van der Waals surface area contributed by atoms with Gasteiger partial charge in [-0.05, 0) is 81.7 Å². The average molecular weight is 420 g/mol. The SMILES string of the molecule is CCN1CCCCC1.Cc1cc(C(F)(F)F)cc(C)c1-c1ccc2oc(N)nc2n1. The van der Waals surface area contributed by atoms with Crippen LogP contribution in [0.4, 0.5) is 19.2 Å². The van der Waals surface area contributed by atoms with Crippen LogP contribution in [0.3, 0.4) is 0 Å². The van der Waals surface area contributed by atoms with Gasteiger partial charge >= 0.3 is 6.18 Å². The number of anilines is 1. The predicted molar refractivity (Wildman–Crippen MR) is 112 cm³/mol. The van der Waals surface area contributed by atoms with Crippen molar-refractivity contribution in [2.75, 3.05) is 25.4 Å². The van der Waals surface area contributed by atoms with E-state index in [0.29, 0.717) is 33.6 Å². The van der Waals surface area contributed by atoms with Gasteiger partial charge in [-0.2, -0.15) is 18.2 Å². The van der Waals surface area contributed by atoms with Crippen LogP contribution in [0.5, 0.6) is 0 Å². The zero-order valence-corrected chi connectivity index (χ0v) is 17.5. The highest BCUT2D eigenvalue weighted by molar-refractivity contribution is 5.77. The largest absolute Gasteiger partial charge is 0.422 e. The molecule has 1 aliphatic rings. The van der Waals surface area contributed by atoms with Gasteiger partial charge in [-0.1, -0.05) is 13.3 Å². The van der Waals surface area contributed by atoms with Gasteiger partial charge in [0.2, 0.25) is 5.65 Å². The number of nitrogens with two attached hydrogens (primary N) is 1. The first kappa shape index (κ1) is 22.1. The summed E-state index contributed by atoms with van der Waals surface area (Å²) in [5, 5.41) is 0. The van der Waals surface area contributed by atoms with Crippen LogP contribution in [0.15, 0.2) is 28.7 Å². The van der Waals surface area contributed by atoms with Crippen molar-refractivity contribution in [2.45, 2.75) is 46.2 Å². The van der Waals surface area contributed by atoms with Crippen molar-refractivity contribution < 1.29 is 17.6 Å². The number of pyridine rings is 1. The molecule has 1 fully saturated rings. The summed E-state index contributed by atoms with van der Waals surface area (Å²) in [6, 6.07) is 5.56. The number of halogens is 3. The summed E-state index contributed by atoms with van der Waals surface area (Å²) >= 11 is 0. The van der Waals surface area contributed by atoms with E-state index < -0.39 is 11.7 Å². The Morgan fingerprint density at radius 2 is 1.67 bits per heavy atom. The van der Waals surface area contributed by atoms with Gasteiger partial charge < -0.3 is 15.1 Å². The van der Waals surface area contributed by atoms with Crippen molar-refractivity contribution in [3.05, 3.63) is 41.0 Å². The minimum absolute atomic E-state index is 0.000475. The summed E-state index contributed by atoms with van der Waals surface area (Å²) in [6.07, 6.45) is -0.0653. The maximum Gasteiger partial charge on any atom is 0.416 e. The van der Waals surface area contributed by atoms with E-state index in [2.05, 4.69) is 21.8 Å². The third-order valence-electron chi connectivity index (χ3n) is 5.28. The number of hydrogen-bond acceptors (Lipinski definition) is 5. The fraction of sp³-hybridized carbons (Fsp3) is 0.455. The molecule has 1 aliphatic heterocycles. The van der Waals surface area contributed by atoms with Crippen LogP contribution in [-0.4, -0.2) is 34.5 Å². The molecule has 162 valence electrons. The zero-order valence-electron chi connectivity index (χ0n) is 17.5. The first-order chi connectivity index (χ1) is 14.2. The normalized spacial score (nSPS) is 15.1. The fourth-order valence-corrected chi connectivity index (χ4v) is 3.78. The summed E-state index contributed by atoms with van der Waals surface area (Å²) < 4.78 is 43.7. The lowest BCUT2D eigenvalue weighted by molar-refractivity contribution is -0.137. The molecule has 1 aromatic carbocycles. The monoisotopic (exact) mass is 420 g/mol. The van der Waals surface area contributed by atoms with Crippen molar-refractivity contribution >= 4 is 17.2 Å². The number of fused-ring (bicyclic) bond motifs is 1. The van der Waals surface area contributed by atoms with Crippen molar-refractivity contribution in [3.63, 3.8) is 0 Å². The molecule has 3 heterocycles. The van der Waals surface area contributed by atoms with Gasteiger partial charge in [-0.3, -0.25) is 0 Å². The summed E-state index contributed by atoms with van der Waals surface area (Å²) in [5.74, 6) is 0. The molecule has 3 aromatic rings. The van der Waals surface area contributed by atoms with Crippen LogP contribution in [0.2, 0.25) is 0 Å². The Balaban J connectivity index is 0.000000269. The second-order valence-electron chi connectivity index (χ2n) is 7.55. The topological polar surface area (TPSA) is 68.2 Å². The quantitative estimate of drug-likeness (QED) is 0.584. The van der Waals surface area contributed by atoms with Crippen molar-refractivity contribution in [1.82, 2.24) is 14.9 Å². The van der Waals surface area contributed by atoms with Crippen LogP contribution in [0, 0.1) is 13.8 Å². The van der Waals surface area contributed by atoms with Gasteiger partial charge in [0, 0.05) is 5.56 Å². The molecule has 2 N–H and O–H groups in total. The summed E-state index contributed by atoms with van der Waals surface area (Å²) in [4.78, 5) is 10.8. The van der Waals surface area contributed by atoms with Crippen molar-refractivity contribution in [2.24, 2.45) is 0 Å². The molecule has 0 saturated carbocycles. The number of hydrogen-bond donors (Lipinski definition) is 1. The van der Waals surface area contributed by atoms with Crippen LogP contribution < -0.4 is 5.73 Å². The maximum atomic E-state index is 12.8. The highest BCUT2D eigenvalue weighted by Gasteiger charge is 2.31. The number of likely N-dealkylation sites (tertiary alicyclic amines) is 1. The second kappa shape index (κ2) is 9.04. The number of oxazole rings is 1. The third kappa shape index (κ3) is 5.11. The Hall–Kier alpha value is -2.61. The lowest BCUT2D eigenvalue weighted by Crippen LogP contribution is -2.29. The highest BCUT2D eigenvalue weighted by atomic mass is 19.4. The number of aromatic nitrogens is 2. The van der Waals surface area contributed by atoms with E-state index in [1.54, 1.807) is 26.0 Å². The molecule has 0 atom stereocenters. The van der Waals surface area contributed by atoms with E-state index in [4.69, 9.17) is 10.2 Å². The van der Waals surface area contributed by atoms with Crippen molar-refractivity contribution in [1.29, 1.82) is 0 Å². The number of benzene rings is 1. The molecular weight excluding hydrogens is 393 g/mol. The highest BCUT2D eigenvalue weighted by Crippen LogP contribution is 2.35. The summed E-state index contributed by atoms with van der Waals surface area (Å²) in [7, 11) is 0. The molecule has 0 spiro atoms. The molecule has 2 aromatic heterocycles. The molecule has 0 radical (unpaired) electrons. The first-order valence-electron chi connectivity index (χ1n) is 10.1. The zero-order chi connectivity index (χ0) is 21.9. The van der Waals surface area contributed by atoms with E-state index in [1.807, 2.05) is 0 Å². The number of rotatable bonds is 2. The fourth-order valence-electron chi connectivity index (χ4n) is 3.78. The second-order valence-corrected chi connectivity index (χ2v) is 7.55. The minimum atomic E-state index is -4.37. The third-order valence-corrected chi connectivity index (χ3v) is 5.28. The number of nitrogen functional groups attached to an aromatic ring is 1. The van der Waals surface area contributed by atoms with Crippen LogP contribution in [-0.2, 0) is 6.18 Å². The van der Waals surface area contributed by atoms with Gasteiger partial charge in [-0.25, -0.2) is 4.98 Å². The molecular formula is C22H27F3N4O. The van der Waals surface area contributed by atoms with Crippen molar-refractivity contribution in [3.8, 4) is 11.3 Å². The molecule has 30 heavy (non-hydrogen) atoms.